The molecular formula is C24H27N3O6S. The number of carbonyl (C=O) groups is 2. The number of sulfonamides is 1. The van der Waals surface area contributed by atoms with Gasteiger partial charge in [-0.15, -0.1) is 0 Å². The van der Waals surface area contributed by atoms with Crippen molar-refractivity contribution < 1.29 is 27.5 Å². The number of piperazine rings is 1. The molecule has 0 bridgehead atoms. The lowest BCUT2D eigenvalue weighted by molar-refractivity contribution is -0.139. The number of amides is 2. The van der Waals surface area contributed by atoms with E-state index in [1.54, 1.807) is 6.07 Å². The molecule has 3 aliphatic rings. The van der Waals surface area contributed by atoms with Crippen LogP contribution in [0.4, 0.5) is 0 Å². The van der Waals surface area contributed by atoms with Crippen LogP contribution in [-0.4, -0.2) is 86.3 Å². The van der Waals surface area contributed by atoms with Gasteiger partial charge in [-0.3, -0.25) is 19.4 Å². The van der Waals surface area contributed by atoms with E-state index in [2.05, 4.69) is 0 Å². The van der Waals surface area contributed by atoms with Gasteiger partial charge in [-0.2, -0.15) is 4.31 Å². The Labute approximate surface area is 198 Å². The van der Waals surface area contributed by atoms with Crippen LogP contribution in [0.2, 0.25) is 0 Å². The fourth-order valence-corrected chi connectivity index (χ4v) is 6.10. The molecule has 2 fully saturated rings. The van der Waals surface area contributed by atoms with Gasteiger partial charge < -0.3 is 9.47 Å². The van der Waals surface area contributed by atoms with Gasteiger partial charge in [0.25, 0.3) is 0 Å². The molecule has 0 unspecified atom stereocenters. The summed E-state index contributed by atoms with van der Waals surface area (Å²) in [5.74, 6) is 0.606. The monoisotopic (exact) mass is 485 g/mol. The third-order valence-electron chi connectivity index (χ3n) is 6.55. The molecule has 3 heterocycles. The lowest BCUT2D eigenvalue weighted by Gasteiger charge is -2.36. The van der Waals surface area contributed by atoms with Crippen LogP contribution in [0.5, 0.6) is 11.5 Å². The zero-order valence-electron chi connectivity index (χ0n) is 18.8. The second kappa shape index (κ2) is 9.36. The van der Waals surface area contributed by atoms with Gasteiger partial charge in [0.1, 0.15) is 13.2 Å². The predicted octanol–water partition coefficient (Wildman–Crippen LogP) is 1.13. The van der Waals surface area contributed by atoms with Gasteiger partial charge in [0.15, 0.2) is 11.5 Å². The number of imide groups is 1. The van der Waals surface area contributed by atoms with Gasteiger partial charge in [-0.1, -0.05) is 30.3 Å². The Morgan fingerprint density at radius 2 is 1.59 bits per heavy atom. The van der Waals surface area contributed by atoms with Crippen LogP contribution in [0.1, 0.15) is 12.0 Å². The number of rotatable bonds is 6. The number of nitrogens with zero attached hydrogens (tertiary/aromatic N) is 3. The number of hydrogen-bond donors (Lipinski definition) is 0. The highest BCUT2D eigenvalue weighted by Gasteiger charge is 2.43. The van der Waals surface area contributed by atoms with E-state index in [4.69, 9.17) is 9.47 Å². The minimum Gasteiger partial charge on any atom is -0.486 e. The van der Waals surface area contributed by atoms with Crippen molar-refractivity contribution >= 4 is 21.8 Å². The van der Waals surface area contributed by atoms with Gasteiger partial charge in [0.2, 0.25) is 21.8 Å². The van der Waals surface area contributed by atoms with Crippen LogP contribution >= 0.6 is 0 Å². The molecule has 0 N–H and O–H groups in total. The summed E-state index contributed by atoms with van der Waals surface area (Å²) in [4.78, 5) is 28.9. The maximum atomic E-state index is 13.2. The average Bonchev–Trinajstić information content (AvgIpc) is 3.16. The molecule has 0 spiro atoms. The van der Waals surface area contributed by atoms with Crippen molar-refractivity contribution in [3.63, 3.8) is 0 Å². The normalized spacial score (nSPS) is 21.8. The number of ether oxygens (including phenoxy) is 2. The van der Waals surface area contributed by atoms with Gasteiger partial charge in [0.05, 0.1) is 17.4 Å². The van der Waals surface area contributed by atoms with Gasteiger partial charge in [0, 0.05) is 38.8 Å². The first kappa shape index (κ1) is 22.8. The summed E-state index contributed by atoms with van der Waals surface area (Å²) >= 11 is 0. The van der Waals surface area contributed by atoms with E-state index in [0.29, 0.717) is 50.8 Å². The first-order valence-electron chi connectivity index (χ1n) is 11.5. The highest BCUT2D eigenvalue weighted by molar-refractivity contribution is 7.89. The molecule has 1 atom stereocenters. The number of carbonyl (C=O) groups excluding carboxylic acids is 2. The second-order valence-electron chi connectivity index (χ2n) is 8.58. The quantitative estimate of drug-likeness (QED) is 0.566. The third-order valence-corrected chi connectivity index (χ3v) is 8.45. The Balaban J connectivity index is 1.20. The Morgan fingerprint density at radius 1 is 0.882 bits per heavy atom. The third kappa shape index (κ3) is 4.40. The summed E-state index contributed by atoms with van der Waals surface area (Å²) < 4.78 is 38.8. The lowest BCUT2D eigenvalue weighted by Crippen LogP contribution is -2.53. The molecule has 5 rings (SSSR count). The van der Waals surface area contributed by atoms with Crippen molar-refractivity contribution in [1.82, 2.24) is 14.1 Å². The maximum absolute atomic E-state index is 13.2. The number of fused-ring (bicyclic) bond motifs is 1. The van der Waals surface area contributed by atoms with E-state index >= 15 is 0 Å². The first-order chi connectivity index (χ1) is 16.4. The average molecular weight is 486 g/mol. The molecule has 0 saturated carbocycles. The van der Waals surface area contributed by atoms with E-state index in [1.807, 2.05) is 35.2 Å². The Kier molecular flexibility index (Phi) is 6.28. The Hall–Kier alpha value is -2.95. The summed E-state index contributed by atoms with van der Waals surface area (Å²) in [6, 6.07) is 13.9. The molecule has 2 aromatic rings. The first-order valence-corrected chi connectivity index (χ1v) is 12.9. The van der Waals surface area contributed by atoms with Crippen molar-refractivity contribution in [2.45, 2.75) is 23.8 Å². The van der Waals surface area contributed by atoms with Crippen molar-refractivity contribution in [3.05, 3.63) is 54.1 Å². The zero-order valence-corrected chi connectivity index (χ0v) is 19.6. The highest BCUT2D eigenvalue weighted by Crippen LogP contribution is 2.33. The van der Waals surface area contributed by atoms with Crippen LogP contribution in [0.15, 0.2) is 53.4 Å². The van der Waals surface area contributed by atoms with Gasteiger partial charge in [-0.25, -0.2) is 8.42 Å². The standard InChI is InChI=1S/C24H27N3O6S/c28-23-17-20(24(29)27(23)9-8-18-4-2-1-3-5-18)25-10-12-26(13-11-25)34(30,31)19-6-7-21-22(16-19)33-15-14-32-21/h1-7,16,20H,8-15,17H2/t20-/m1/s1. The molecule has 9 nitrogen and oxygen atoms in total. The van der Waals surface area contributed by atoms with E-state index < -0.39 is 16.1 Å². The number of benzene rings is 2. The summed E-state index contributed by atoms with van der Waals surface area (Å²) in [6.07, 6.45) is 0.759. The Bertz CT molecular complexity index is 1180. The molecule has 34 heavy (non-hydrogen) atoms. The largest absolute Gasteiger partial charge is 0.486 e. The number of likely N-dealkylation sites (tertiary alicyclic amines) is 1. The minimum absolute atomic E-state index is 0.141. The summed E-state index contributed by atoms with van der Waals surface area (Å²) in [7, 11) is -3.71. The molecule has 10 heteroatoms. The van der Waals surface area contributed by atoms with E-state index in [9.17, 15) is 18.0 Å². The highest BCUT2D eigenvalue weighted by atomic mass is 32.2. The minimum atomic E-state index is -3.71. The fraction of sp³-hybridized carbons (Fsp3) is 0.417. The molecule has 2 aromatic carbocycles. The molecule has 0 aromatic heterocycles. The Morgan fingerprint density at radius 3 is 2.32 bits per heavy atom. The molecule has 0 aliphatic carbocycles. The number of hydrogen-bond acceptors (Lipinski definition) is 7. The van der Waals surface area contributed by atoms with Crippen LogP contribution in [0, 0.1) is 0 Å². The smallest absolute Gasteiger partial charge is 0.247 e. The molecule has 2 saturated heterocycles. The van der Waals surface area contributed by atoms with Crippen LogP contribution < -0.4 is 9.47 Å². The van der Waals surface area contributed by atoms with Crippen molar-refractivity contribution in [2.24, 2.45) is 0 Å². The summed E-state index contributed by atoms with van der Waals surface area (Å²) in [5.41, 5.74) is 1.07. The van der Waals surface area contributed by atoms with Crippen LogP contribution in [0.25, 0.3) is 0 Å². The van der Waals surface area contributed by atoms with Crippen molar-refractivity contribution in [2.75, 3.05) is 45.9 Å². The van der Waals surface area contributed by atoms with Crippen molar-refractivity contribution in [1.29, 1.82) is 0 Å². The van der Waals surface area contributed by atoms with Crippen LogP contribution in [0.3, 0.4) is 0 Å². The zero-order chi connectivity index (χ0) is 23.7. The van der Waals surface area contributed by atoms with Crippen molar-refractivity contribution in [3.8, 4) is 11.5 Å². The van der Waals surface area contributed by atoms with E-state index in [-0.39, 0.29) is 36.2 Å². The van der Waals surface area contributed by atoms with Crippen LogP contribution in [-0.2, 0) is 26.0 Å². The fourth-order valence-electron chi connectivity index (χ4n) is 4.66. The van der Waals surface area contributed by atoms with Gasteiger partial charge >= 0.3 is 0 Å². The lowest BCUT2D eigenvalue weighted by atomic mass is 10.1. The molecule has 2 amide bonds. The molecule has 180 valence electrons. The molecule has 3 aliphatic heterocycles. The van der Waals surface area contributed by atoms with E-state index in [0.717, 1.165) is 5.56 Å². The summed E-state index contributed by atoms with van der Waals surface area (Å²) in [5, 5.41) is 0. The summed E-state index contributed by atoms with van der Waals surface area (Å²) in [6.45, 7) is 2.45. The molecule has 0 radical (unpaired) electrons. The van der Waals surface area contributed by atoms with Gasteiger partial charge in [-0.05, 0) is 24.1 Å². The molecular weight excluding hydrogens is 458 g/mol. The predicted molar refractivity (Wildman–Crippen MR) is 123 cm³/mol. The SMILES string of the molecule is O=C1C[C@@H](N2CCN(S(=O)(=O)c3ccc4c(c3)OCCO4)CC2)C(=O)N1CCc1ccccc1. The topological polar surface area (TPSA) is 96.5 Å². The second-order valence-corrected chi connectivity index (χ2v) is 10.5. The van der Waals surface area contributed by atoms with E-state index in [1.165, 1.54) is 21.3 Å². The maximum Gasteiger partial charge on any atom is 0.247 e.